The maximum absolute atomic E-state index is 4.32. The normalized spacial score (nSPS) is 28.5. The molecule has 0 radical (unpaired) electrons. The number of aromatic nitrogens is 3. The Kier molecular flexibility index (Phi) is 3.64. The molecule has 0 aliphatic heterocycles. The topological polar surface area (TPSA) is 42.7 Å². The summed E-state index contributed by atoms with van der Waals surface area (Å²) in [6.45, 7) is 3.19. The van der Waals surface area contributed by atoms with E-state index in [-0.39, 0.29) is 0 Å². The van der Waals surface area contributed by atoms with Gasteiger partial charge >= 0.3 is 0 Å². The van der Waals surface area contributed by atoms with E-state index >= 15 is 0 Å². The molecule has 3 rings (SSSR count). The summed E-state index contributed by atoms with van der Waals surface area (Å²) in [4.78, 5) is 0. The van der Waals surface area contributed by atoms with Crippen molar-refractivity contribution in [3.63, 3.8) is 0 Å². The zero-order valence-corrected chi connectivity index (χ0v) is 11.3. The molecule has 0 bridgehead atoms. The fraction of sp³-hybridized carbons (Fsp3) is 0.857. The van der Waals surface area contributed by atoms with Crippen molar-refractivity contribution in [1.29, 1.82) is 0 Å². The third-order valence-electron chi connectivity index (χ3n) is 4.47. The minimum atomic E-state index is 0.593. The Balaban J connectivity index is 1.52. The van der Waals surface area contributed by atoms with Gasteiger partial charge in [-0.05, 0) is 44.4 Å². The van der Waals surface area contributed by atoms with Gasteiger partial charge in [0.15, 0.2) is 0 Å². The Morgan fingerprint density at radius 2 is 2.00 bits per heavy atom. The van der Waals surface area contributed by atoms with Crippen LogP contribution < -0.4 is 5.32 Å². The van der Waals surface area contributed by atoms with Gasteiger partial charge in [0.05, 0.1) is 17.9 Å². The van der Waals surface area contributed by atoms with Gasteiger partial charge < -0.3 is 5.32 Å². The Labute approximate surface area is 109 Å². The van der Waals surface area contributed by atoms with E-state index < -0.39 is 0 Å². The molecule has 100 valence electrons. The predicted octanol–water partition coefficient (Wildman–Crippen LogP) is 2.67. The van der Waals surface area contributed by atoms with Crippen molar-refractivity contribution >= 4 is 0 Å². The van der Waals surface area contributed by atoms with Crippen LogP contribution in [0.5, 0.6) is 0 Å². The molecule has 0 saturated heterocycles. The highest BCUT2D eigenvalue weighted by Gasteiger charge is 2.23. The highest BCUT2D eigenvalue weighted by atomic mass is 15.4. The van der Waals surface area contributed by atoms with Gasteiger partial charge in [-0.15, -0.1) is 5.10 Å². The second-order valence-corrected chi connectivity index (χ2v) is 5.93. The minimum absolute atomic E-state index is 0.593. The lowest BCUT2D eigenvalue weighted by Crippen LogP contribution is -2.18. The van der Waals surface area contributed by atoms with E-state index in [2.05, 4.69) is 33.4 Å². The highest BCUT2D eigenvalue weighted by Crippen LogP contribution is 2.33. The Bertz CT molecular complexity index is 375. The highest BCUT2D eigenvalue weighted by molar-refractivity contribution is 4.95. The van der Waals surface area contributed by atoms with Crippen LogP contribution in [0, 0.1) is 5.92 Å². The van der Waals surface area contributed by atoms with Crippen LogP contribution in [0.15, 0.2) is 6.20 Å². The number of nitrogens with one attached hydrogen (secondary N) is 1. The summed E-state index contributed by atoms with van der Waals surface area (Å²) in [5, 5.41) is 12.1. The molecule has 1 heterocycles. The van der Waals surface area contributed by atoms with Crippen LogP contribution in [0.1, 0.15) is 63.6 Å². The van der Waals surface area contributed by atoms with Crippen LogP contribution in [0.4, 0.5) is 0 Å². The lowest BCUT2D eigenvalue weighted by atomic mass is 9.85. The molecule has 1 aromatic rings. The SMILES string of the molecule is CCC1CCC(n2cc(CNC3CC3)nn2)CC1. The van der Waals surface area contributed by atoms with Crippen molar-refractivity contribution < 1.29 is 0 Å². The molecule has 2 aliphatic rings. The molecule has 0 unspecified atom stereocenters. The summed E-state index contributed by atoms with van der Waals surface area (Å²) in [7, 11) is 0. The largest absolute Gasteiger partial charge is 0.308 e. The Hall–Kier alpha value is -0.900. The Morgan fingerprint density at radius 3 is 2.67 bits per heavy atom. The van der Waals surface area contributed by atoms with E-state index in [4.69, 9.17) is 0 Å². The van der Waals surface area contributed by atoms with E-state index in [0.29, 0.717) is 6.04 Å². The molecule has 4 nitrogen and oxygen atoms in total. The molecule has 0 amide bonds. The molecule has 0 spiro atoms. The van der Waals surface area contributed by atoms with Crippen molar-refractivity contribution in [2.45, 2.75) is 70.5 Å². The zero-order chi connectivity index (χ0) is 12.4. The first-order chi connectivity index (χ1) is 8.85. The van der Waals surface area contributed by atoms with Gasteiger partial charge in [-0.2, -0.15) is 0 Å². The van der Waals surface area contributed by atoms with Crippen LogP contribution in [0.25, 0.3) is 0 Å². The van der Waals surface area contributed by atoms with Gasteiger partial charge in [0.25, 0.3) is 0 Å². The van der Waals surface area contributed by atoms with Crippen molar-refractivity contribution in [2.75, 3.05) is 0 Å². The molecule has 0 aromatic carbocycles. The molecular formula is C14H24N4. The first-order valence-electron chi connectivity index (χ1n) is 7.49. The molecule has 1 N–H and O–H groups in total. The van der Waals surface area contributed by atoms with Crippen molar-refractivity contribution in [3.8, 4) is 0 Å². The van der Waals surface area contributed by atoms with Crippen LogP contribution in [0.3, 0.4) is 0 Å². The van der Waals surface area contributed by atoms with Gasteiger partial charge in [0, 0.05) is 12.6 Å². The van der Waals surface area contributed by atoms with Gasteiger partial charge in [-0.1, -0.05) is 18.6 Å². The van der Waals surface area contributed by atoms with Crippen LogP contribution >= 0.6 is 0 Å². The molecule has 0 atom stereocenters. The van der Waals surface area contributed by atoms with Crippen molar-refractivity contribution in [2.24, 2.45) is 5.92 Å². The first kappa shape index (κ1) is 12.2. The lowest BCUT2D eigenvalue weighted by Gasteiger charge is -2.27. The summed E-state index contributed by atoms with van der Waals surface area (Å²) < 4.78 is 2.11. The first-order valence-corrected chi connectivity index (χ1v) is 7.49. The number of hydrogen-bond acceptors (Lipinski definition) is 3. The van der Waals surface area contributed by atoms with E-state index in [9.17, 15) is 0 Å². The fourth-order valence-corrected chi connectivity index (χ4v) is 2.93. The standard InChI is InChI=1S/C14H24N4/c1-2-11-3-7-14(8-4-11)18-10-13(16-17-18)9-15-12-5-6-12/h10-12,14-15H,2-9H2,1H3. The molecule has 2 saturated carbocycles. The average Bonchev–Trinajstić information content (AvgIpc) is 3.14. The fourth-order valence-electron chi connectivity index (χ4n) is 2.93. The summed E-state index contributed by atoms with van der Waals surface area (Å²) in [5.41, 5.74) is 1.10. The third-order valence-corrected chi connectivity index (χ3v) is 4.47. The maximum atomic E-state index is 4.32. The lowest BCUT2D eigenvalue weighted by molar-refractivity contribution is 0.253. The second kappa shape index (κ2) is 5.39. The number of nitrogens with zero attached hydrogens (tertiary/aromatic N) is 3. The van der Waals surface area contributed by atoms with E-state index in [0.717, 1.165) is 24.2 Å². The predicted molar refractivity (Wildman–Crippen MR) is 71.2 cm³/mol. The summed E-state index contributed by atoms with van der Waals surface area (Å²) >= 11 is 0. The number of hydrogen-bond donors (Lipinski definition) is 1. The van der Waals surface area contributed by atoms with Crippen LogP contribution in [0.2, 0.25) is 0 Å². The third kappa shape index (κ3) is 2.91. The van der Waals surface area contributed by atoms with E-state index in [1.807, 2.05) is 0 Å². The van der Waals surface area contributed by atoms with Crippen molar-refractivity contribution in [3.05, 3.63) is 11.9 Å². The quantitative estimate of drug-likeness (QED) is 0.871. The van der Waals surface area contributed by atoms with Crippen LogP contribution in [-0.2, 0) is 6.54 Å². The zero-order valence-electron chi connectivity index (χ0n) is 11.3. The van der Waals surface area contributed by atoms with Crippen LogP contribution in [-0.4, -0.2) is 21.0 Å². The molecule has 2 fully saturated rings. The smallest absolute Gasteiger partial charge is 0.0965 e. The van der Waals surface area contributed by atoms with E-state index in [1.54, 1.807) is 0 Å². The Morgan fingerprint density at radius 1 is 1.22 bits per heavy atom. The van der Waals surface area contributed by atoms with E-state index in [1.165, 1.54) is 44.9 Å². The minimum Gasteiger partial charge on any atom is -0.308 e. The summed E-state index contributed by atoms with van der Waals surface area (Å²) in [5.74, 6) is 0.945. The summed E-state index contributed by atoms with van der Waals surface area (Å²) in [6.07, 6.45) is 11.4. The average molecular weight is 248 g/mol. The van der Waals surface area contributed by atoms with Crippen molar-refractivity contribution in [1.82, 2.24) is 20.3 Å². The molecular weight excluding hydrogens is 224 g/mol. The summed E-state index contributed by atoms with van der Waals surface area (Å²) in [6, 6.07) is 1.34. The molecule has 4 heteroatoms. The monoisotopic (exact) mass is 248 g/mol. The maximum Gasteiger partial charge on any atom is 0.0965 e. The second-order valence-electron chi connectivity index (χ2n) is 5.93. The molecule has 1 aromatic heterocycles. The van der Waals surface area contributed by atoms with Gasteiger partial charge in [0.1, 0.15) is 0 Å². The van der Waals surface area contributed by atoms with Gasteiger partial charge in [0.2, 0.25) is 0 Å². The molecule has 2 aliphatic carbocycles. The number of rotatable bonds is 5. The molecule has 18 heavy (non-hydrogen) atoms. The van der Waals surface area contributed by atoms with Gasteiger partial charge in [-0.25, -0.2) is 4.68 Å². The van der Waals surface area contributed by atoms with Gasteiger partial charge in [-0.3, -0.25) is 0 Å².